The Labute approximate surface area is 113 Å². The lowest BCUT2D eigenvalue weighted by atomic mass is 10.1. The lowest BCUT2D eigenvalue weighted by Gasteiger charge is -2.11. The molecule has 0 spiro atoms. The Morgan fingerprint density at radius 2 is 2.32 bits per heavy atom. The second kappa shape index (κ2) is 5.31. The first-order valence-corrected chi connectivity index (χ1v) is 7.05. The van der Waals surface area contributed by atoms with E-state index in [0.717, 1.165) is 43.7 Å². The molecule has 0 bridgehead atoms. The first kappa shape index (κ1) is 12.6. The third kappa shape index (κ3) is 2.65. The smallest absolute Gasteiger partial charge is 0.137 e. The summed E-state index contributed by atoms with van der Waals surface area (Å²) in [7, 11) is 0. The van der Waals surface area contributed by atoms with Gasteiger partial charge in [0.05, 0.1) is 17.5 Å². The third-order valence-electron chi connectivity index (χ3n) is 4.07. The van der Waals surface area contributed by atoms with Crippen molar-refractivity contribution >= 4 is 5.65 Å². The SMILES string of the molecule is Cc1nc2ccccn2c1CNCC1CCC(O)C1. The zero-order valence-electron chi connectivity index (χ0n) is 11.3. The van der Waals surface area contributed by atoms with Gasteiger partial charge in [-0.1, -0.05) is 6.07 Å². The Morgan fingerprint density at radius 1 is 1.42 bits per heavy atom. The summed E-state index contributed by atoms with van der Waals surface area (Å²) in [6.45, 7) is 3.88. The highest BCUT2D eigenvalue weighted by atomic mass is 16.3. The van der Waals surface area contributed by atoms with Crippen molar-refractivity contribution in [2.75, 3.05) is 6.54 Å². The summed E-state index contributed by atoms with van der Waals surface area (Å²) in [5.74, 6) is 0.620. The quantitative estimate of drug-likeness (QED) is 0.881. The van der Waals surface area contributed by atoms with Gasteiger partial charge in [-0.3, -0.25) is 0 Å². The van der Waals surface area contributed by atoms with Gasteiger partial charge < -0.3 is 14.8 Å². The third-order valence-corrected chi connectivity index (χ3v) is 4.07. The van der Waals surface area contributed by atoms with Crippen molar-refractivity contribution in [3.8, 4) is 0 Å². The van der Waals surface area contributed by atoms with Crippen LogP contribution in [-0.2, 0) is 6.54 Å². The van der Waals surface area contributed by atoms with Crippen LogP contribution in [0.2, 0.25) is 0 Å². The molecule has 4 heteroatoms. The van der Waals surface area contributed by atoms with E-state index >= 15 is 0 Å². The van der Waals surface area contributed by atoms with Crippen LogP contribution < -0.4 is 5.32 Å². The van der Waals surface area contributed by atoms with Crippen molar-refractivity contribution in [1.82, 2.24) is 14.7 Å². The van der Waals surface area contributed by atoms with Gasteiger partial charge in [0.25, 0.3) is 0 Å². The number of nitrogens with zero attached hydrogens (tertiary/aromatic N) is 2. The van der Waals surface area contributed by atoms with Gasteiger partial charge in [0.2, 0.25) is 0 Å². The fourth-order valence-corrected chi connectivity index (χ4v) is 3.01. The maximum atomic E-state index is 9.53. The molecule has 2 unspecified atom stereocenters. The Morgan fingerprint density at radius 3 is 3.11 bits per heavy atom. The molecule has 0 aromatic carbocycles. The first-order chi connectivity index (χ1) is 9.24. The Balaban J connectivity index is 1.63. The molecule has 0 amide bonds. The minimum absolute atomic E-state index is 0.0793. The van der Waals surface area contributed by atoms with Gasteiger partial charge in [0.15, 0.2) is 0 Å². The summed E-state index contributed by atoms with van der Waals surface area (Å²) in [5, 5.41) is 13.0. The molecule has 4 nitrogen and oxygen atoms in total. The minimum Gasteiger partial charge on any atom is -0.393 e. The van der Waals surface area contributed by atoms with Crippen LogP contribution in [0.25, 0.3) is 5.65 Å². The van der Waals surface area contributed by atoms with Crippen LogP contribution in [-0.4, -0.2) is 27.1 Å². The van der Waals surface area contributed by atoms with E-state index in [-0.39, 0.29) is 6.10 Å². The average molecular weight is 259 g/mol. The molecular weight excluding hydrogens is 238 g/mol. The monoisotopic (exact) mass is 259 g/mol. The second-order valence-electron chi connectivity index (χ2n) is 5.54. The van der Waals surface area contributed by atoms with E-state index in [1.165, 1.54) is 5.69 Å². The van der Waals surface area contributed by atoms with Crippen LogP contribution in [0.1, 0.15) is 30.7 Å². The summed E-state index contributed by atoms with van der Waals surface area (Å²) in [6, 6.07) is 6.08. The summed E-state index contributed by atoms with van der Waals surface area (Å²) in [5.41, 5.74) is 3.33. The number of fused-ring (bicyclic) bond motifs is 1. The molecule has 2 aromatic rings. The zero-order valence-corrected chi connectivity index (χ0v) is 11.3. The van der Waals surface area contributed by atoms with E-state index in [0.29, 0.717) is 5.92 Å². The highest BCUT2D eigenvalue weighted by Gasteiger charge is 2.22. The number of aryl methyl sites for hydroxylation is 1. The number of aromatic nitrogens is 2. The number of rotatable bonds is 4. The lowest BCUT2D eigenvalue weighted by molar-refractivity contribution is 0.177. The normalized spacial score (nSPS) is 23.3. The Bertz CT molecular complexity index is 564. The van der Waals surface area contributed by atoms with Crippen molar-refractivity contribution in [2.24, 2.45) is 5.92 Å². The molecule has 2 N–H and O–H groups in total. The maximum Gasteiger partial charge on any atom is 0.137 e. The van der Waals surface area contributed by atoms with E-state index in [1.807, 2.05) is 18.2 Å². The highest BCUT2D eigenvalue weighted by molar-refractivity contribution is 5.42. The van der Waals surface area contributed by atoms with Crippen LogP contribution in [0.4, 0.5) is 0 Å². The average Bonchev–Trinajstić information content (AvgIpc) is 2.94. The number of aliphatic hydroxyl groups is 1. The second-order valence-corrected chi connectivity index (χ2v) is 5.54. The van der Waals surface area contributed by atoms with Gasteiger partial charge in [-0.2, -0.15) is 0 Å². The number of imidazole rings is 1. The van der Waals surface area contributed by atoms with Crippen LogP contribution in [0.3, 0.4) is 0 Å². The van der Waals surface area contributed by atoms with E-state index in [1.54, 1.807) is 0 Å². The van der Waals surface area contributed by atoms with Gasteiger partial charge in [0, 0.05) is 12.7 Å². The number of pyridine rings is 1. The Hall–Kier alpha value is -1.39. The molecular formula is C15H21N3O. The summed E-state index contributed by atoms with van der Waals surface area (Å²) < 4.78 is 2.14. The molecule has 2 atom stereocenters. The van der Waals surface area contributed by atoms with Crippen molar-refractivity contribution in [3.05, 3.63) is 35.8 Å². The van der Waals surface area contributed by atoms with Gasteiger partial charge in [-0.15, -0.1) is 0 Å². The van der Waals surface area contributed by atoms with E-state index in [2.05, 4.69) is 27.8 Å². The van der Waals surface area contributed by atoms with E-state index < -0.39 is 0 Å². The maximum absolute atomic E-state index is 9.53. The van der Waals surface area contributed by atoms with Crippen molar-refractivity contribution in [2.45, 2.75) is 38.8 Å². The number of hydrogen-bond acceptors (Lipinski definition) is 3. The van der Waals surface area contributed by atoms with E-state index in [9.17, 15) is 5.11 Å². The summed E-state index contributed by atoms with van der Waals surface area (Å²) in [6.07, 6.45) is 5.02. The van der Waals surface area contributed by atoms with Crippen molar-refractivity contribution < 1.29 is 5.11 Å². The predicted molar refractivity (Wildman–Crippen MR) is 75.0 cm³/mol. The van der Waals surface area contributed by atoms with Crippen LogP contribution >= 0.6 is 0 Å². The van der Waals surface area contributed by atoms with Crippen LogP contribution in [0.15, 0.2) is 24.4 Å². The highest BCUT2D eigenvalue weighted by Crippen LogP contribution is 2.24. The molecule has 1 fully saturated rings. The van der Waals surface area contributed by atoms with Gasteiger partial charge in [0.1, 0.15) is 5.65 Å². The van der Waals surface area contributed by atoms with Crippen molar-refractivity contribution in [1.29, 1.82) is 0 Å². The topological polar surface area (TPSA) is 49.6 Å². The molecule has 19 heavy (non-hydrogen) atoms. The summed E-state index contributed by atoms with van der Waals surface area (Å²) >= 11 is 0. The number of nitrogens with one attached hydrogen (secondary N) is 1. The molecule has 0 radical (unpaired) electrons. The standard InChI is InChI=1S/C15H21N3O/c1-11-14(18-7-3-2-4-15(18)17-11)10-16-9-12-5-6-13(19)8-12/h2-4,7,12-13,16,19H,5-6,8-10H2,1H3. The largest absolute Gasteiger partial charge is 0.393 e. The van der Waals surface area contributed by atoms with Crippen LogP contribution in [0.5, 0.6) is 0 Å². The first-order valence-electron chi connectivity index (χ1n) is 7.05. The minimum atomic E-state index is -0.0793. The van der Waals surface area contributed by atoms with Gasteiger partial charge >= 0.3 is 0 Å². The molecule has 1 aliphatic carbocycles. The van der Waals surface area contributed by atoms with Gasteiger partial charge in [-0.25, -0.2) is 4.98 Å². The lowest BCUT2D eigenvalue weighted by Crippen LogP contribution is -2.22. The van der Waals surface area contributed by atoms with Crippen molar-refractivity contribution in [3.63, 3.8) is 0 Å². The van der Waals surface area contributed by atoms with Gasteiger partial charge in [-0.05, 0) is 50.8 Å². The van der Waals surface area contributed by atoms with E-state index in [4.69, 9.17) is 0 Å². The Kier molecular flexibility index (Phi) is 3.53. The zero-order chi connectivity index (χ0) is 13.2. The molecule has 3 rings (SSSR count). The number of hydrogen-bond donors (Lipinski definition) is 2. The molecule has 2 aromatic heterocycles. The fraction of sp³-hybridized carbons (Fsp3) is 0.533. The van der Waals surface area contributed by atoms with Crippen LogP contribution in [0, 0.1) is 12.8 Å². The molecule has 102 valence electrons. The molecule has 1 saturated carbocycles. The fourth-order valence-electron chi connectivity index (χ4n) is 3.01. The molecule has 1 aliphatic rings. The summed E-state index contributed by atoms with van der Waals surface area (Å²) in [4.78, 5) is 4.56. The number of aliphatic hydroxyl groups excluding tert-OH is 1. The molecule has 0 saturated heterocycles. The molecule has 2 heterocycles. The molecule has 0 aliphatic heterocycles. The predicted octanol–water partition coefficient (Wildman–Crippen LogP) is 1.89.